The summed E-state index contributed by atoms with van der Waals surface area (Å²) in [7, 11) is 4.64. The van der Waals surface area contributed by atoms with Crippen molar-refractivity contribution < 1.29 is 34.3 Å². The van der Waals surface area contributed by atoms with Crippen molar-refractivity contribution in [3.05, 3.63) is 30.4 Å². The number of benzene rings is 1. The van der Waals surface area contributed by atoms with E-state index in [-0.39, 0.29) is 0 Å². The number of fused-ring (bicyclic) bond motifs is 1. The molecular weight excluding hydrogens is 422 g/mol. The van der Waals surface area contributed by atoms with Crippen LogP contribution in [-0.2, 0) is 11.3 Å². The van der Waals surface area contributed by atoms with E-state index in [1.807, 2.05) is 6.07 Å². The molecule has 0 aliphatic carbocycles. The van der Waals surface area contributed by atoms with Gasteiger partial charge in [-0.3, -0.25) is 4.57 Å². The second kappa shape index (κ2) is 9.12. The van der Waals surface area contributed by atoms with Crippen LogP contribution in [0.2, 0.25) is 0 Å². The lowest BCUT2D eigenvalue weighted by Gasteiger charge is -2.17. The highest BCUT2D eigenvalue weighted by Gasteiger charge is 2.44. The minimum absolute atomic E-state index is 0.344. The third-order valence-corrected chi connectivity index (χ3v) is 5.38. The standard InChI is InChI=1S/C20H25N5O7/c1-29-11-5-4-10(16(30-2)17(11)31-3)6-21-18-13-19(23-8-22-18)25(9-24-13)20-15(28)14(27)12(7-26)32-20/h4-5,8-9,12,14-15,20,26-28H,6-7H2,1-3H3,(H,21,22,23)/t12-,14-,15-,20?/m1/s1. The van der Waals surface area contributed by atoms with Gasteiger partial charge in [-0.2, -0.15) is 0 Å². The van der Waals surface area contributed by atoms with Crippen LogP contribution >= 0.6 is 0 Å². The summed E-state index contributed by atoms with van der Waals surface area (Å²) in [4.78, 5) is 12.9. The van der Waals surface area contributed by atoms with Crippen molar-refractivity contribution in [2.45, 2.75) is 31.1 Å². The van der Waals surface area contributed by atoms with Gasteiger partial charge in [-0.25, -0.2) is 15.0 Å². The fourth-order valence-electron chi connectivity index (χ4n) is 3.76. The van der Waals surface area contributed by atoms with Crippen molar-refractivity contribution in [3.8, 4) is 17.2 Å². The second-order valence-electron chi connectivity index (χ2n) is 7.12. The maximum Gasteiger partial charge on any atom is 0.203 e. The molecule has 12 nitrogen and oxygen atoms in total. The van der Waals surface area contributed by atoms with E-state index in [9.17, 15) is 15.3 Å². The van der Waals surface area contributed by atoms with E-state index in [1.165, 1.54) is 24.3 Å². The summed E-state index contributed by atoms with van der Waals surface area (Å²) in [5, 5.41) is 32.9. The quantitative estimate of drug-likeness (QED) is 0.371. The number of imidazole rings is 1. The second-order valence-corrected chi connectivity index (χ2v) is 7.12. The summed E-state index contributed by atoms with van der Waals surface area (Å²) in [6, 6.07) is 3.63. The molecule has 3 heterocycles. The van der Waals surface area contributed by atoms with Crippen molar-refractivity contribution in [3.63, 3.8) is 0 Å². The molecule has 1 saturated heterocycles. The van der Waals surface area contributed by atoms with Crippen LogP contribution in [-0.4, -0.2) is 81.1 Å². The summed E-state index contributed by atoms with van der Waals surface area (Å²) < 4.78 is 23.3. The molecule has 0 bridgehead atoms. The zero-order chi connectivity index (χ0) is 22.8. The average molecular weight is 447 g/mol. The molecule has 1 unspecified atom stereocenters. The first-order valence-corrected chi connectivity index (χ1v) is 9.85. The number of nitrogens with one attached hydrogen (secondary N) is 1. The number of hydrogen-bond donors (Lipinski definition) is 4. The van der Waals surface area contributed by atoms with Gasteiger partial charge in [0.25, 0.3) is 0 Å². The molecule has 1 aliphatic heterocycles. The number of rotatable bonds is 8. The fourth-order valence-corrected chi connectivity index (χ4v) is 3.76. The van der Waals surface area contributed by atoms with Crippen LogP contribution in [0.5, 0.6) is 17.2 Å². The Labute approximate surface area is 183 Å². The summed E-state index contributed by atoms with van der Waals surface area (Å²) in [6.45, 7) is -0.0767. The molecule has 3 aromatic rings. The van der Waals surface area contributed by atoms with Crippen LogP contribution in [0.15, 0.2) is 24.8 Å². The van der Waals surface area contributed by atoms with Crippen LogP contribution < -0.4 is 19.5 Å². The van der Waals surface area contributed by atoms with Gasteiger partial charge in [-0.1, -0.05) is 0 Å². The predicted octanol–water partition coefficient (Wildman–Crippen LogP) is 0.0757. The molecule has 32 heavy (non-hydrogen) atoms. The lowest BCUT2D eigenvalue weighted by atomic mass is 10.1. The van der Waals surface area contributed by atoms with E-state index in [0.717, 1.165) is 5.56 Å². The van der Waals surface area contributed by atoms with Crippen LogP contribution in [0.1, 0.15) is 11.8 Å². The molecule has 4 rings (SSSR count). The first-order chi connectivity index (χ1) is 15.5. The van der Waals surface area contributed by atoms with Crippen LogP contribution in [0, 0.1) is 0 Å². The predicted molar refractivity (Wildman–Crippen MR) is 112 cm³/mol. The summed E-state index contributed by atoms with van der Waals surface area (Å²) in [5.41, 5.74) is 1.65. The van der Waals surface area contributed by atoms with Crippen molar-refractivity contribution >= 4 is 17.0 Å². The molecule has 172 valence electrons. The Kier molecular flexibility index (Phi) is 6.28. The number of nitrogens with zero attached hydrogens (tertiary/aromatic N) is 4. The molecule has 1 aliphatic rings. The van der Waals surface area contributed by atoms with Gasteiger partial charge in [0, 0.05) is 12.1 Å². The highest BCUT2D eigenvalue weighted by Crippen LogP contribution is 2.40. The van der Waals surface area contributed by atoms with E-state index in [0.29, 0.717) is 40.8 Å². The number of aromatic nitrogens is 4. The third-order valence-electron chi connectivity index (χ3n) is 5.38. The normalized spacial score (nSPS) is 22.8. The molecule has 0 amide bonds. The Balaban J connectivity index is 1.61. The number of methoxy groups -OCH3 is 3. The Bertz CT molecular complexity index is 1090. The number of ether oxygens (including phenoxy) is 4. The number of aliphatic hydroxyl groups is 3. The summed E-state index contributed by atoms with van der Waals surface area (Å²) in [6.07, 6.45) is -1.51. The van der Waals surface area contributed by atoms with E-state index < -0.39 is 31.1 Å². The minimum Gasteiger partial charge on any atom is -0.493 e. The van der Waals surface area contributed by atoms with Crippen LogP contribution in [0.25, 0.3) is 11.2 Å². The van der Waals surface area contributed by atoms with Gasteiger partial charge in [0.05, 0.1) is 34.3 Å². The van der Waals surface area contributed by atoms with Gasteiger partial charge in [0.2, 0.25) is 5.75 Å². The first-order valence-electron chi connectivity index (χ1n) is 9.85. The van der Waals surface area contributed by atoms with Gasteiger partial charge in [0.1, 0.15) is 24.6 Å². The molecule has 0 radical (unpaired) electrons. The molecule has 1 fully saturated rings. The minimum atomic E-state index is -1.24. The Morgan fingerprint density at radius 1 is 1.03 bits per heavy atom. The maximum atomic E-state index is 10.3. The van der Waals surface area contributed by atoms with Gasteiger partial charge < -0.3 is 39.6 Å². The number of hydrogen-bond acceptors (Lipinski definition) is 11. The number of anilines is 1. The van der Waals surface area contributed by atoms with Gasteiger partial charge >= 0.3 is 0 Å². The van der Waals surface area contributed by atoms with Crippen molar-refractivity contribution in [2.75, 3.05) is 33.3 Å². The fraction of sp³-hybridized carbons (Fsp3) is 0.450. The highest BCUT2D eigenvalue weighted by atomic mass is 16.6. The van der Waals surface area contributed by atoms with E-state index >= 15 is 0 Å². The Morgan fingerprint density at radius 3 is 2.47 bits per heavy atom. The van der Waals surface area contributed by atoms with Crippen molar-refractivity contribution in [1.29, 1.82) is 0 Å². The SMILES string of the molecule is COc1ccc(CNc2ncnc3c2ncn3C2O[C@H](CO)[C@@H](O)[C@H]2O)c(OC)c1OC. The molecule has 4 N–H and O–H groups in total. The largest absolute Gasteiger partial charge is 0.493 e. The van der Waals surface area contributed by atoms with E-state index in [1.54, 1.807) is 20.3 Å². The molecule has 2 aromatic heterocycles. The highest BCUT2D eigenvalue weighted by molar-refractivity contribution is 5.82. The number of aliphatic hydroxyl groups excluding tert-OH is 3. The Hall–Kier alpha value is -3.19. The van der Waals surface area contributed by atoms with E-state index in [2.05, 4.69) is 20.3 Å². The summed E-state index contributed by atoms with van der Waals surface area (Å²) in [5.74, 6) is 2.02. The molecule has 0 saturated carbocycles. The Morgan fingerprint density at radius 2 is 1.81 bits per heavy atom. The molecule has 1 aromatic carbocycles. The maximum absolute atomic E-state index is 10.3. The van der Waals surface area contributed by atoms with Crippen LogP contribution in [0.3, 0.4) is 0 Å². The summed E-state index contributed by atoms with van der Waals surface area (Å²) >= 11 is 0. The topological polar surface area (TPSA) is 153 Å². The van der Waals surface area contributed by atoms with Gasteiger partial charge in [0.15, 0.2) is 34.7 Å². The molecular formula is C20H25N5O7. The zero-order valence-corrected chi connectivity index (χ0v) is 17.8. The van der Waals surface area contributed by atoms with Crippen LogP contribution in [0.4, 0.5) is 5.82 Å². The molecule has 4 atom stereocenters. The van der Waals surface area contributed by atoms with E-state index in [4.69, 9.17) is 18.9 Å². The lowest BCUT2D eigenvalue weighted by Crippen LogP contribution is -2.33. The first kappa shape index (κ1) is 22.0. The smallest absolute Gasteiger partial charge is 0.203 e. The van der Waals surface area contributed by atoms with Crippen molar-refractivity contribution in [2.24, 2.45) is 0 Å². The van der Waals surface area contributed by atoms with Gasteiger partial charge in [-0.15, -0.1) is 0 Å². The monoisotopic (exact) mass is 447 g/mol. The zero-order valence-electron chi connectivity index (χ0n) is 17.8. The third kappa shape index (κ3) is 3.66. The average Bonchev–Trinajstić information content (AvgIpc) is 3.37. The molecule has 12 heteroatoms. The van der Waals surface area contributed by atoms with Crippen molar-refractivity contribution in [1.82, 2.24) is 19.5 Å². The lowest BCUT2D eigenvalue weighted by molar-refractivity contribution is -0.0511. The molecule has 0 spiro atoms. The van der Waals surface area contributed by atoms with Gasteiger partial charge in [-0.05, 0) is 12.1 Å².